The first kappa shape index (κ1) is 10.4. The van der Waals surface area contributed by atoms with E-state index in [-0.39, 0.29) is 11.3 Å². The van der Waals surface area contributed by atoms with Crippen molar-refractivity contribution < 1.29 is 9.21 Å². The Kier molecular flexibility index (Phi) is 2.48. The Morgan fingerprint density at radius 2 is 2.06 bits per heavy atom. The van der Waals surface area contributed by atoms with E-state index in [0.29, 0.717) is 22.4 Å². The first-order chi connectivity index (χ1) is 7.56. The maximum atomic E-state index is 11.7. The average Bonchev–Trinajstić information content (AvgIpc) is 2.18. The fraction of sp³-hybridized carbons (Fsp3) is 0.167. The molecule has 1 heterocycles. The zero-order chi connectivity index (χ0) is 11.7. The molecule has 1 amide bonds. The van der Waals surface area contributed by atoms with Gasteiger partial charge in [0.05, 0.1) is 5.39 Å². The molecule has 1 aromatic heterocycles. The summed E-state index contributed by atoms with van der Waals surface area (Å²) in [5, 5.41) is 3.09. The molecular weight excluding hydrogens is 206 g/mol. The Morgan fingerprint density at radius 3 is 2.75 bits per heavy atom. The van der Waals surface area contributed by atoms with Crippen LogP contribution in [0.1, 0.15) is 12.7 Å². The Balaban J connectivity index is 2.62. The molecule has 0 aliphatic heterocycles. The second kappa shape index (κ2) is 3.81. The standard InChI is InChI=1S/C12H11NO3/c1-7-5-11(15)10-6-9(13-8(2)14)3-4-12(10)16-7/h3-6H,1-2H3,(H,13,14). The van der Waals surface area contributed by atoms with Gasteiger partial charge in [-0.1, -0.05) is 0 Å². The third kappa shape index (κ3) is 1.95. The molecule has 0 aliphatic carbocycles. The molecule has 1 N–H and O–H groups in total. The molecule has 0 radical (unpaired) electrons. The van der Waals surface area contributed by atoms with Gasteiger partial charge in [-0.15, -0.1) is 0 Å². The topological polar surface area (TPSA) is 59.3 Å². The van der Waals surface area contributed by atoms with Crippen molar-refractivity contribution in [2.75, 3.05) is 5.32 Å². The van der Waals surface area contributed by atoms with Crippen molar-refractivity contribution in [3.05, 3.63) is 40.2 Å². The van der Waals surface area contributed by atoms with E-state index in [2.05, 4.69) is 5.32 Å². The van der Waals surface area contributed by atoms with Gasteiger partial charge in [-0.05, 0) is 25.1 Å². The first-order valence-electron chi connectivity index (χ1n) is 4.88. The zero-order valence-electron chi connectivity index (χ0n) is 9.03. The lowest BCUT2D eigenvalue weighted by Gasteiger charge is -2.03. The second-order valence-electron chi connectivity index (χ2n) is 3.61. The van der Waals surface area contributed by atoms with Crippen molar-refractivity contribution in [1.82, 2.24) is 0 Å². The molecule has 0 saturated carbocycles. The molecule has 0 bridgehead atoms. The van der Waals surface area contributed by atoms with Crippen LogP contribution in [0.25, 0.3) is 11.0 Å². The predicted molar refractivity (Wildman–Crippen MR) is 61.5 cm³/mol. The third-order valence-corrected chi connectivity index (χ3v) is 2.17. The minimum absolute atomic E-state index is 0.106. The number of carbonyl (C=O) groups is 1. The maximum Gasteiger partial charge on any atom is 0.221 e. The van der Waals surface area contributed by atoms with Gasteiger partial charge < -0.3 is 9.73 Å². The number of rotatable bonds is 1. The number of hydrogen-bond acceptors (Lipinski definition) is 3. The molecule has 2 aromatic rings. The number of carbonyl (C=O) groups excluding carboxylic acids is 1. The lowest BCUT2D eigenvalue weighted by molar-refractivity contribution is -0.114. The van der Waals surface area contributed by atoms with Gasteiger partial charge in [-0.25, -0.2) is 0 Å². The number of nitrogens with one attached hydrogen (secondary N) is 1. The molecular formula is C12H11NO3. The largest absolute Gasteiger partial charge is 0.461 e. The molecule has 1 aromatic carbocycles. The summed E-state index contributed by atoms with van der Waals surface area (Å²) >= 11 is 0. The van der Waals surface area contributed by atoms with Gasteiger partial charge in [-0.3, -0.25) is 9.59 Å². The van der Waals surface area contributed by atoms with Gasteiger partial charge in [0.25, 0.3) is 0 Å². The summed E-state index contributed by atoms with van der Waals surface area (Å²) in [5.41, 5.74) is 1.02. The molecule has 0 saturated heterocycles. The van der Waals surface area contributed by atoms with Crippen LogP contribution in [-0.4, -0.2) is 5.91 Å². The molecule has 0 aliphatic rings. The molecule has 4 nitrogen and oxygen atoms in total. The molecule has 82 valence electrons. The maximum absolute atomic E-state index is 11.7. The van der Waals surface area contributed by atoms with Crippen LogP contribution in [0, 0.1) is 6.92 Å². The first-order valence-corrected chi connectivity index (χ1v) is 4.88. The second-order valence-corrected chi connectivity index (χ2v) is 3.61. The number of aryl methyl sites for hydroxylation is 1. The zero-order valence-corrected chi connectivity index (χ0v) is 9.03. The van der Waals surface area contributed by atoms with E-state index < -0.39 is 0 Å². The highest BCUT2D eigenvalue weighted by atomic mass is 16.3. The van der Waals surface area contributed by atoms with Gasteiger partial charge in [0, 0.05) is 18.7 Å². The highest BCUT2D eigenvalue weighted by molar-refractivity contribution is 5.91. The smallest absolute Gasteiger partial charge is 0.221 e. The Hall–Kier alpha value is -2.10. The highest BCUT2D eigenvalue weighted by Crippen LogP contribution is 2.17. The average molecular weight is 217 g/mol. The Bertz CT molecular complexity index is 613. The fourth-order valence-electron chi connectivity index (χ4n) is 1.56. The van der Waals surface area contributed by atoms with Crippen LogP contribution in [0.2, 0.25) is 0 Å². The summed E-state index contributed by atoms with van der Waals surface area (Å²) in [7, 11) is 0. The summed E-state index contributed by atoms with van der Waals surface area (Å²) in [6.45, 7) is 3.14. The number of hydrogen-bond donors (Lipinski definition) is 1. The van der Waals surface area contributed by atoms with Gasteiger partial charge in [-0.2, -0.15) is 0 Å². The van der Waals surface area contributed by atoms with Crippen LogP contribution in [0.3, 0.4) is 0 Å². The van der Waals surface area contributed by atoms with E-state index in [4.69, 9.17) is 4.42 Å². The summed E-state index contributed by atoms with van der Waals surface area (Å²) in [5.74, 6) is 0.403. The predicted octanol–water partition coefficient (Wildman–Crippen LogP) is 2.06. The normalized spacial score (nSPS) is 10.4. The van der Waals surface area contributed by atoms with Gasteiger partial charge in [0.1, 0.15) is 11.3 Å². The number of benzene rings is 1. The van der Waals surface area contributed by atoms with Crippen LogP contribution in [0.4, 0.5) is 5.69 Å². The van der Waals surface area contributed by atoms with Crippen LogP contribution < -0.4 is 10.7 Å². The molecule has 0 atom stereocenters. The number of fused-ring (bicyclic) bond motifs is 1. The molecule has 16 heavy (non-hydrogen) atoms. The Morgan fingerprint density at radius 1 is 1.31 bits per heavy atom. The number of amides is 1. The summed E-state index contributed by atoms with van der Waals surface area (Å²) in [6, 6.07) is 6.42. The summed E-state index contributed by atoms with van der Waals surface area (Å²) in [4.78, 5) is 22.5. The molecule has 0 unspecified atom stereocenters. The third-order valence-electron chi connectivity index (χ3n) is 2.17. The molecule has 4 heteroatoms. The van der Waals surface area contributed by atoms with Crippen LogP contribution in [0.5, 0.6) is 0 Å². The lowest BCUT2D eigenvalue weighted by atomic mass is 10.2. The van der Waals surface area contributed by atoms with E-state index in [1.807, 2.05) is 0 Å². The van der Waals surface area contributed by atoms with Crippen molar-refractivity contribution in [2.45, 2.75) is 13.8 Å². The van der Waals surface area contributed by atoms with Crippen molar-refractivity contribution in [3.63, 3.8) is 0 Å². The lowest BCUT2D eigenvalue weighted by Crippen LogP contribution is -2.07. The highest BCUT2D eigenvalue weighted by Gasteiger charge is 2.04. The minimum Gasteiger partial charge on any atom is -0.461 e. The van der Waals surface area contributed by atoms with Crippen molar-refractivity contribution in [3.8, 4) is 0 Å². The fourth-order valence-corrected chi connectivity index (χ4v) is 1.56. The van der Waals surface area contributed by atoms with E-state index in [1.54, 1.807) is 25.1 Å². The van der Waals surface area contributed by atoms with Gasteiger partial charge in [0.2, 0.25) is 5.91 Å². The molecule has 0 spiro atoms. The molecule has 2 rings (SSSR count). The van der Waals surface area contributed by atoms with Crippen molar-refractivity contribution in [2.24, 2.45) is 0 Å². The van der Waals surface area contributed by atoms with E-state index in [1.165, 1.54) is 13.0 Å². The van der Waals surface area contributed by atoms with Crippen molar-refractivity contribution >= 4 is 22.6 Å². The van der Waals surface area contributed by atoms with E-state index in [0.717, 1.165) is 0 Å². The number of anilines is 1. The van der Waals surface area contributed by atoms with Gasteiger partial charge in [0.15, 0.2) is 5.43 Å². The SMILES string of the molecule is CC(=O)Nc1ccc2oc(C)cc(=O)c2c1. The monoisotopic (exact) mass is 217 g/mol. The van der Waals surface area contributed by atoms with E-state index >= 15 is 0 Å². The van der Waals surface area contributed by atoms with Crippen molar-refractivity contribution in [1.29, 1.82) is 0 Å². The van der Waals surface area contributed by atoms with Crippen LogP contribution in [0.15, 0.2) is 33.5 Å². The van der Waals surface area contributed by atoms with Crippen LogP contribution >= 0.6 is 0 Å². The minimum atomic E-state index is -0.171. The van der Waals surface area contributed by atoms with E-state index in [9.17, 15) is 9.59 Å². The summed E-state index contributed by atoms with van der Waals surface area (Å²) < 4.78 is 5.39. The van der Waals surface area contributed by atoms with Crippen LogP contribution in [-0.2, 0) is 4.79 Å². The van der Waals surface area contributed by atoms with Gasteiger partial charge >= 0.3 is 0 Å². The molecule has 0 fully saturated rings. The quantitative estimate of drug-likeness (QED) is 0.795. The summed E-state index contributed by atoms with van der Waals surface area (Å²) in [6.07, 6.45) is 0. The Labute approximate surface area is 91.9 Å².